The van der Waals surface area contributed by atoms with Crippen LogP contribution in [0.2, 0.25) is 0 Å². The number of phenols is 1. The molecule has 3 aromatic rings. The number of ether oxygens (including phenoxy) is 1. The standard InChI is InChI=1S/C17H16N4O2S/c1-23-15-9-13(7-8-14(15)22)11-18-21-16(19-20-17(21)24)10-12-5-3-2-4-6-12/h2-9,11,22H,10H2,1H3,(H,20,24)/b18-11-. The second kappa shape index (κ2) is 7.10. The fourth-order valence-electron chi connectivity index (χ4n) is 2.24. The Kier molecular flexibility index (Phi) is 4.72. The van der Waals surface area contributed by atoms with Gasteiger partial charge in [0.05, 0.1) is 13.3 Å². The van der Waals surface area contributed by atoms with Gasteiger partial charge in [0, 0.05) is 6.42 Å². The highest BCUT2D eigenvalue weighted by atomic mass is 32.1. The molecule has 3 rings (SSSR count). The van der Waals surface area contributed by atoms with E-state index in [1.807, 2.05) is 30.3 Å². The van der Waals surface area contributed by atoms with Crippen molar-refractivity contribution in [2.45, 2.75) is 6.42 Å². The molecule has 0 aliphatic heterocycles. The molecule has 0 saturated carbocycles. The molecule has 0 amide bonds. The van der Waals surface area contributed by atoms with Gasteiger partial charge < -0.3 is 9.84 Å². The predicted molar refractivity (Wildman–Crippen MR) is 94.3 cm³/mol. The molecule has 1 aromatic heterocycles. The van der Waals surface area contributed by atoms with E-state index in [1.54, 1.807) is 29.1 Å². The number of hydrogen-bond acceptors (Lipinski definition) is 5. The maximum absolute atomic E-state index is 9.63. The van der Waals surface area contributed by atoms with Crippen LogP contribution in [-0.2, 0) is 6.42 Å². The average molecular weight is 340 g/mol. The molecule has 0 fully saturated rings. The van der Waals surface area contributed by atoms with Gasteiger partial charge in [-0.2, -0.15) is 14.9 Å². The molecule has 2 N–H and O–H groups in total. The quantitative estimate of drug-likeness (QED) is 0.553. The summed E-state index contributed by atoms with van der Waals surface area (Å²) in [6.45, 7) is 0. The van der Waals surface area contributed by atoms with Gasteiger partial charge in [0.1, 0.15) is 0 Å². The molecule has 24 heavy (non-hydrogen) atoms. The lowest BCUT2D eigenvalue weighted by Crippen LogP contribution is -2.00. The zero-order chi connectivity index (χ0) is 16.9. The van der Waals surface area contributed by atoms with Crippen molar-refractivity contribution in [3.05, 3.63) is 70.3 Å². The summed E-state index contributed by atoms with van der Waals surface area (Å²) in [5, 5.41) is 21.0. The van der Waals surface area contributed by atoms with Gasteiger partial charge in [0.25, 0.3) is 0 Å². The molecule has 0 aliphatic carbocycles. The van der Waals surface area contributed by atoms with Crippen molar-refractivity contribution in [2.75, 3.05) is 7.11 Å². The first-order valence-corrected chi connectivity index (χ1v) is 7.70. The summed E-state index contributed by atoms with van der Waals surface area (Å²) < 4.78 is 7.10. The molecule has 0 radical (unpaired) electrons. The molecule has 6 nitrogen and oxygen atoms in total. The summed E-state index contributed by atoms with van der Waals surface area (Å²) in [7, 11) is 1.50. The van der Waals surface area contributed by atoms with Crippen LogP contribution in [0.5, 0.6) is 11.5 Å². The third kappa shape index (κ3) is 3.52. The Bertz CT molecular complexity index is 916. The maximum Gasteiger partial charge on any atom is 0.216 e. The zero-order valence-corrected chi connectivity index (χ0v) is 13.8. The van der Waals surface area contributed by atoms with Gasteiger partial charge in [-0.3, -0.25) is 5.10 Å². The van der Waals surface area contributed by atoms with Crippen molar-refractivity contribution in [2.24, 2.45) is 5.10 Å². The van der Waals surface area contributed by atoms with Crippen molar-refractivity contribution in [3.63, 3.8) is 0 Å². The Labute approximate surface area is 144 Å². The van der Waals surface area contributed by atoms with Gasteiger partial charge >= 0.3 is 0 Å². The van der Waals surface area contributed by atoms with Gasteiger partial charge in [-0.05, 0) is 41.5 Å². The Hall–Kier alpha value is -2.93. The van der Waals surface area contributed by atoms with Crippen molar-refractivity contribution < 1.29 is 9.84 Å². The molecular formula is C17H16N4O2S. The highest BCUT2D eigenvalue weighted by Crippen LogP contribution is 2.25. The fourth-order valence-corrected chi connectivity index (χ4v) is 2.43. The van der Waals surface area contributed by atoms with Gasteiger partial charge in [0.15, 0.2) is 17.3 Å². The monoisotopic (exact) mass is 340 g/mol. The second-order valence-corrected chi connectivity index (χ2v) is 5.48. The number of nitrogens with one attached hydrogen (secondary N) is 1. The molecule has 2 aromatic carbocycles. The normalized spacial score (nSPS) is 11.0. The van der Waals surface area contributed by atoms with Gasteiger partial charge in [-0.1, -0.05) is 30.3 Å². The molecule has 0 unspecified atom stereocenters. The number of nitrogens with zero attached hydrogens (tertiary/aromatic N) is 3. The van der Waals surface area contributed by atoms with E-state index >= 15 is 0 Å². The number of aromatic nitrogens is 3. The van der Waals surface area contributed by atoms with Crippen LogP contribution in [0.1, 0.15) is 17.0 Å². The van der Waals surface area contributed by atoms with Gasteiger partial charge in [0.2, 0.25) is 4.77 Å². The van der Waals surface area contributed by atoms with E-state index in [-0.39, 0.29) is 5.75 Å². The molecule has 0 saturated heterocycles. The first kappa shape index (κ1) is 15.9. The van der Waals surface area contributed by atoms with Crippen molar-refractivity contribution in [1.29, 1.82) is 0 Å². The number of phenolic OH excluding ortho intramolecular Hbond substituents is 1. The summed E-state index contributed by atoms with van der Waals surface area (Å²) in [4.78, 5) is 0. The second-order valence-electron chi connectivity index (χ2n) is 5.10. The van der Waals surface area contributed by atoms with E-state index < -0.39 is 0 Å². The van der Waals surface area contributed by atoms with Crippen LogP contribution in [0.3, 0.4) is 0 Å². The third-order valence-corrected chi connectivity index (χ3v) is 3.71. The smallest absolute Gasteiger partial charge is 0.216 e. The lowest BCUT2D eigenvalue weighted by molar-refractivity contribution is 0.373. The highest BCUT2D eigenvalue weighted by Gasteiger charge is 2.06. The summed E-state index contributed by atoms with van der Waals surface area (Å²) in [5.41, 5.74) is 1.90. The summed E-state index contributed by atoms with van der Waals surface area (Å²) in [5.74, 6) is 1.19. The predicted octanol–water partition coefficient (Wildman–Crippen LogP) is 3.13. The van der Waals surface area contributed by atoms with Crippen LogP contribution in [0.4, 0.5) is 0 Å². The maximum atomic E-state index is 9.63. The molecule has 0 aliphatic rings. The van der Waals surface area contributed by atoms with Crippen molar-refractivity contribution in [3.8, 4) is 11.5 Å². The summed E-state index contributed by atoms with van der Waals surface area (Å²) in [6, 6.07) is 15.0. The van der Waals surface area contributed by atoms with Crippen LogP contribution in [0.15, 0.2) is 53.6 Å². The van der Waals surface area contributed by atoms with E-state index in [2.05, 4.69) is 15.3 Å². The zero-order valence-electron chi connectivity index (χ0n) is 13.0. The SMILES string of the molecule is COc1cc(/C=N\n2c(Cc3ccccc3)n[nH]c2=S)ccc1O. The fraction of sp³-hybridized carbons (Fsp3) is 0.118. The topological polar surface area (TPSA) is 75.4 Å². The Morgan fingerprint density at radius 2 is 2.08 bits per heavy atom. The lowest BCUT2D eigenvalue weighted by atomic mass is 10.1. The highest BCUT2D eigenvalue weighted by molar-refractivity contribution is 7.71. The molecule has 7 heteroatoms. The van der Waals surface area contributed by atoms with E-state index in [1.165, 1.54) is 7.11 Å². The number of H-pyrrole nitrogens is 1. The number of methoxy groups -OCH3 is 1. The third-order valence-electron chi connectivity index (χ3n) is 3.45. The largest absolute Gasteiger partial charge is 0.504 e. The first-order valence-electron chi connectivity index (χ1n) is 7.29. The van der Waals surface area contributed by atoms with E-state index in [0.29, 0.717) is 22.8 Å². The van der Waals surface area contributed by atoms with E-state index in [0.717, 1.165) is 11.1 Å². The van der Waals surface area contributed by atoms with Crippen molar-refractivity contribution >= 4 is 18.4 Å². The minimum absolute atomic E-state index is 0.0827. The van der Waals surface area contributed by atoms with Crippen LogP contribution < -0.4 is 4.74 Å². The van der Waals surface area contributed by atoms with Gasteiger partial charge in [-0.25, -0.2) is 0 Å². The Morgan fingerprint density at radius 3 is 2.83 bits per heavy atom. The van der Waals surface area contributed by atoms with E-state index in [4.69, 9.17) is 17.0 Å². The molecule has 1 heterocycles. The molecular weight excluding hydrogens is 324 g/mol. The van der Waals surface area contributed by atoms with Crippen LogP contribution >= 0.6 is 12.2 Å². The molecule has 0 spiro atoms. The Morgan fingerprint density at radius 1 is 1.29 bits per heavy atom. The number of rotatable bonds is 5. The number of benzene rings is 2. The minimum atomic E-state index is 0.0827. The molecule has 0 bridgehead atoms. The summed E-state index contributed by atoms with van der Waals surface area (Å²) >= 11 is 5.24. The minimum Gasteiger partial charge on any atom is -0.504 e. The number of aromatic hydroxyl groups is 1. The molecule has 122 valence electrons. The first-order chi connectivity index (χ1) is 11.7. The number of hydrogen-bond donors (Lipinski definition) is 2. The van der Waals surface area contributed by atoms with Crippen LogP contribution in [0.25, 0.3) is 0 Å². The summed E-state index contributed by atoms with van der Waals surface area (Å²) in [6.07, 6.45) is 2.26. The van der Waals surface area contributed by atoms with Crippen LogP contribution in [-0.4, -0.2) is 33.3 Å². The van der Waals surface area contributed by atoms with Gasteiger partial charge in [-0.15, -0.1) is 0 Å². The molecule has 0 atom stereocenters. The van der Waals surface area contributed by atoms with Crippen molar-refractivity contribution in [1.82, 2.24) is 14.9 Å². The number of aromatic amines is 1. The lowest BCUT2D eigenvalue weighted by Gasteiger charge is -2.04. The van der Waals surface area contributed by atoms with Crippen LogP contribution in [0, 0.1) is 4.77 Å². The van der Waals surface area contributed by atoms with E-state index in [9.17, 15) is 5.11 Å². The average Bonchev–Trinajstić information content (AvgIpc) is 2.95. The Balaban J connectivity index is 1.87.